The molecule has 0 radical (unpaired) electrons. The molecule has 2 nitrogen and oxygen atoms in total. The van der Waals surface area contributed by atoms with Gasteiger partial charge in [0.25, 0.3) is 0 Å². The Morgan fingerprint density at radius 3 is 2.73 bits per heavy atom. The van der Waals surface area contributed by atoms with Crippen molar-refractivity contribution in [2.75, 3.05) is 25.0 Å². The first-order valence-corrected chi connectivity index (χ1v) is 6.00. The van der Waals surface area contributed by atoms with E-state index in [1.165, 1.54) is 12.8 Å². The van der Waals surface area contributed by atoms with Crippen LogP contribution in [0.5, 0.6) is 0 Å². The highest BCUT2D eigenvalue weighted by atomic mass is 127. The first-order valence-electron chi connectivity index (χ1n) is 3.91. The molecule has 1 aliphatic heterocycles. The number of rotatable bonds is 5. The highest BCUT2D eigenvalue weighted by Crippen LogP contribution is 2.15. The maximum atomic E-state index is 5.58. The summed E-state index contributed by atoms with van der Waals surface area (Å²) in [5.74, 6) is 0. The van der Waals surface area contributed by atoms with Crippen LogP contribution in [0.4, 0.5) is 0 Å². The van der Waals surface area contributed by atoms with Crippen molar-refractivity contribution in [3.05, 3.63) is 0 Å². The molecule has 0 saturated carbocycles. The van der Waals surface area contributed by atoms with Crippen LogP contribution in [0, 0.1) is 0 Å². The van der Waals surface area contributed by atoms with E-state index in [1.54, 1.807) is 0 Å². The van der Waals surface area contributed by atoms with Crippen molar-refractivity contribution < 1.29 is 4.74 Å². The highest BCUT2D eigenvalue weighted by molar-refractivity contribution is 14.1. The number of hydrogen-bond acceptors (Lipinski definition) is 2. The fourth-order valence-electron chi connectivity index (χ4n) is 0.940. The average Bonchev–Trinajstić information content (AvgIpc) is 1.94. The zero-order valence-electron chi connectivity index (χ0n) is 6.43. The topological polar surface area (TPSA) is 12.5 Å². The summed E-state index contributed by atoms with van der Waals surface area (Å²) < 4.78 is 7.83. The Balaban J connectivity index is 1.81. The lowest BCUT2D eigenvalue weighted by Gasteiger charge is -2.33. The monoisotopic (exact) mass is 333 g/mol. The van der Waals surface area contributed by atoms with Gasteiger partial charge in [-0.25, -0.2) is 3.11 Å². The fraction of sp³-hybridized carbons (Fsp3) is 1.00. The lowest BCUT2D eigenvalue weighted by molar-refractivity contribution is -0.0102. The molecule has 1 fully saturated rings. The minimum absolute atomic E-state index is 0.516. The van der Waals surface area contributed by atoms with Gasteiger partial charge in [-0.15, -0.1) is 0 Å². The maximum absolute atomic E-state index is 5.58. The van der Waals surface area contributed by atoms with Gasteiger partial charge in [-0.1, -0.05) is 15.9 Å². The molecule has 0 spiro atoms. The van der Waals surface area contributed by atoms with E-state index in [1.807, 2.05) is 0 Å². The van der Waals surface area contributed by atoms with Gasteiger partial charge in [-0.3, -0.25) is 0 Å². The quantitative estimate of drug-likeness (QED) is 0.331. The molecule has 1 saturated heterocycles. The second-order valence-corrected chi connectivity index (χ2v) is 4.87. The largest absolute Gasteiger partial charge is 0.375 e. The molecule has 1 heterocycles. The van der Waals surface area contributed by atoms with Crippen LogP contribution in [-0.2, 0) is 4.74 Å². The van der Waals surface area contributed by atoms with E-state index in [0.29, 0.717) is 6.10 Å². The summed E-state index contributed by atoms with van der Waals surface area (Å²) in [4.78, 5) is 0. The van der Waals surface area contributed by atoms with E-state index in [9.17, 15) is 0 Å². The number of hydrogen-bond donors (Lipinski definition) is 0. The molecule has 0 aromatic carbocycles. The van der Waals surface area contributed by atoms with E-state index in [-0.39, 0.29) is 0 Å². The molecule has 66 valence electrons. The fourth-order valence-corrected chi connectivity index (χ4v) is 2.22. The number of halogens is 2. The SMILES string of the molecule is BrCCCCOC1CN(I)C1. The third kappa shape index (κ3) is 4.05. The van der Waals surface area contributed by atoms with Gasteiger partial charge in [0, 0.05) is 47.9 Å². The predicted molar refractivity (Wildman–Crippen MR) is 58.4 cm³/mol. The van der Waals surface area contributed by atoms with Crippen molar-refractivity contribution in [1.29, 1.82) is 0 Å². The average molecular weight is 334 g/mol. The molecule has 11 heavy (non-hydrogen) atoms. The molecule has 0 amide bonds. The Bertz CT molecular complexity index is 109. The first-order chi connectivity index (χ1) is 5.33. The smallest absolute Gasteiger partial charge is 0.0844 e. The number of ether oxygens (including phenoxy) is 1. The van der Waals surface area contributed by atoms with Crippen molar-refractivity contribution in [3.63, 3.8) is 0 Å². The summed E-state index contributed by atoms with van der Waals surface area (Å²) >= 11 is 5.71. The summed E-state index contributed by atoms with van der Waals surface area (Å²) in [5.41, 5.74) is 0. The molecule has 4 heteroatoms. The minimum Gasteiger partial charge on any atom is -0.375 e. The maximum Gasteiger partial charge on any atom is 0.0844 e. The molecule has 0 bridgehead atoms. The highest BCUT2D eigenvalue weighted by Gasteiger charge is 2.24. The van der Waals surface area contributed by atoms with Gasteiger partial charge in [0.15, 0.2) is 0 Å². The van der Waals surface area contributed by atoms with E-state index >= 15 is 0 Å². The van der Waals surface area contributed by atoms with Crippen LogP contribution in [0.3, 0.4) is 0 Å². The van der Waals surface area contributed by atoms with Crippen LogP contribution < -0.4 is 0 Å². The summed E-state index contributed by atoms with van der Waals surface area (Å²) in [6, 6.07) is 0. The van der Waals surface area contributed by atoms with Crippen LogP contribution in [0.25, 0.3) is 0 Å². The minimum atomic E-state index is 0.516. The predicted octanol–water partition coefficient (Wildman–Crippen LogP) is 2.21. The Kier molecular flexibility index (Phi) is 5.31. The third-order valence-corrected chi connectivity index (χ3v) is 3.03. The van der Waals surface area contributed by atoms with Crippen molar-refractivity contribution >= 4 is 38.8 Å². The molecular weight excluding hydrogens is 321 g/mol. The lowest BCUT2D eigenvalue weighted by Crippen LogP contribution is -2.46. The van der Waals surface area contributed by atoms with Crippen molar-refractivity contribution in [2.45, 2.75) is 18.9 Å². The number of alkyl halides is 1. The van der Waals surface area contributed by atoms with Crippen LogP contribution in [0.2, 0.25) is 0 Å². The zero-order valence-corrected chi connectivity index (χ0v) is 10.2. The summed E-state index contributed by atoms with van der Waals surface area (Å²) in [5, 5.41) is 1.10. The molecule has 0 aromatic rings. The van der Waals surface area contributed by atoms with Gasteiger partial charge in [0.2, 0.25) is 0 Å². The van der Waals surface area contributed by atoms with Crippen LogP contribution in [-0.4, -0.2) is 34.2 Å². The first kappa shape index (κ1) is 10.2. The lowest BCUT2D eigenvalue weighted by atomic mass is 10.2. The number of nitrogens with zero attached hydrogens (tertiary/aromatic N) is 1. The molecule has 1 aliphatic rings. The van der Waals surface area contributed by atoms with Crippen molar-refractivity contribution in [2.24, 2.45) is 0 Å². The van der Waals surface area contributed by atoms with Gasteiger partial charge in [0.05, 0.1) is 6.10 Å². The van der Waals surface area contributed by atoms with E-state index in [2.05, 4.69) is 41.9 Å². The van der Waals surface area contributed by atoms with E-state index in [0.717, 1.165) is 25.0 Å². The summed E-state index contributed by atoms with van der Waals surface area (Å²) in [7, 11) is 0. The molecule has 0 unspecified atom stereocenters. The summed E-state index contributed by atoms with van der Waals surface area (Å²) in [6.07, 6.45) is 2.92. The third-order valence-electron chi connectivity index (χ3n) is 1.69. The van der Waals surface area contributed by atoms with Crippen molar-refractivity contribution in [1.82, 2.24) is 3.11 Å². The molecular formula is C7H13BrINO. The van der Waals surface area contributed by atoms with Crippen LogP contribution in [0.1, 0.15) is 12.8 Å². The summed E-state index contributed by atoms with van der Waals surface area (Å²) in [6.45, 7) is 3.14. The zero-order chi connectivity index (χ0) is 8.10. The Morgan fingerprint density at radius 2 is 2.18 bits per heavy atom. The second kappa shape index (κ2) is 5.72. The van der Waals surface area contributed by atoms with Gasteiger partial charge >= 0.3 is 0 Å². The van der Waals surface area contributed by atoms with Crippen LogP contribution in [0.15, 0.2) is 0 Å². The molecule has 0 atom stereocenters. The number of unbranched alkanes of at least 4 members (excludes halogenated alkanes) is 1. The van der Waals surface area contributed by atoms with E-state index in [4.69, 9.17) is 4.74 Å². The standard InChI is InChI=1S/C7H13BrINO/c8-3-1-2-4-11-7-5-10(9)6-7/h7H,1-6H2. The Labute approximate surface area is 90.3 Å². The Morgan fingerprint density at radius 1 is 1.45 bits per heavy atom. The van der Waals surface area contributed by atoms with Gasteiger partial charge in [0.1, 0.15) is 0 Å². The van der Waals surface area contributed by atoms with Gasteiger partial charge < -0.3 is 4.74 Å². The van der Waals surface area contributed by atoms with Crippen molar-refractivity contribution in [3.8, 4) is 0 Å². The Hall–Kier alpha value is 1.13. The molecule has 0 aliphatic carbocycles. The molecule has 0 aromatic heterocycles. The molecule has 0 N–H and O–H groups in total. The van der Waals surface area contributed by atoms with E-state index < -0.39 is 0 Å². The van der Waals surface area contributed by atoms with Gasteiger partial charge in [-0.2, -0.15) is 0 Å². The van der Waals surface area contributed by atoms with Crippen LogP contribution >= 0.6 is 38.8 Å². The normalized spacial score (nSPS) is 20.2. The molecule has 1 rings (SSSR count). The second-order valence-electron chi connectivity index (χ2n) is 2.72. The van der Waals surface area contributed by atoms with Gasteiger partial charge in [-0.05, 0) is 12.8 Å².